The third kappa shape index (κ3) is 5.55. The highest BCUT2D eigenvalue weighted by molar-refractivity contribution is 8.15. The fourth-order valence-corrected chi connectivity index (χ4v) is 4.46. The number of aliphatic imine (C=N–C) groups is 1. The zero-order valence-corrected chi connectivity index (χ0v) is 18.4. The lowest BCUT2D eigenvalue weighted by Crippen LogP contribution is -2.44. The van der Waals surface area contributed by atoms with Crippen LogP contribution >= 0.6 is 23.4 Å². The number of amides is 2. The monoisotopic (exact) mass is 467 g/mol. The van der Waals surface area contributed by atoms with Gasteiger partial charge in [-0.25, -0.2) is 9.38 Å². The molecule has 1 unspecified atom stereocenters. The van der Waals surface area contributed by atoms with Crippen molar-refractivity contribution in [1.29, 1.82) is 0 Å². The van der Waals surface area contributed by atoms with Crippen LogP contribution in [0, 0.1) is 5.82 Å². The summed E-state index contributed by atoms with van der Waals surface area (Å²) in [6.07, 6.45) is 0.0269. The molecule has 2 amide bonds. The fourth-order valence-electron chi connectivity index (χ4n) is 3.17. The summed E-state index contributed by atoms with van der Waals surface area (Å²) in [5.74, 6) is -0.932. The highest BCUT2D eigenvalue weighted by Gasteiger charge is 2.36. The van der Waals surface area contributed by atoms with Gasteiger partial charge in [0.25, 0.3) is 0 Å². The first-order chi connectivity index (χ1) is 15.5. The first-order valence-electron chi connectivity index (χ1n) is 9.89. The normalized spacial score (nSPS) is 17.4. The summed E-state index contributed by atoms with van der Waals surface area (Å²) in [6.45, 7) is 0.346. The summed E-state index contributed by atoms with van der Waals surface area (Å²) in [4.78, 5) is 32.1. The van der Waals surface area contributed by atoms with Gasteiger partial charge in [-0.2, -0.15) is 0 Å². The maximum absolute atomic E-state index is 13.1. The van der Waals surface area contributed by atoms with Gasteiger partial charge in [0, 0.05) is 17.1 Å². The zero-order chi connectivity index (χ0) is 22.5. The summed E-state index contributed by atoms with van der Waals surface area (Å²) >= 11 is 7.31. The van der Waals surface area contributed by atoms with E-state index >= 15 is 0 Å². The third-order valence-electron chi connectivity index (χ3n) is 4.76. The van der Waals surface area contributed by atoms with Gasteiger partial charge in [0.2, 0.25) is 11.8 Å². The number of carbonyl (C=O) groups is 2. The molecule has 0 bridgehead atoms. The Kier molecular flexibility index (Phi) is 6.87. The molecule has 1 saturated heterocycles. The molecule has 1 heterocycles. The predicted octanol–water partition coefficient (Wildman–Crippen LogP) is 5.64. The average Bonchev–Trinajstić information content (AvgIpc) is 2.78. The Bertz CT molecular complexity index is 1160. The van der Waals surface area contributed by atoms with E-state index in [9.17, 15) is 14.0 Å². The Balaban J connectivity index is 1.59. The number of nitrogens with one attached hydrogen (secondary N) is 1. The second-order valence-electron chi connectivity index (χ2n) is 7.15. The van der Waals surface area contributed by atoms with E-state index < -0.39 is 11.1 Å². The number of halogens is 2. The number of anilines is 1. The van der Waals surface area contributed by atoms with E-state index in [0.717, 1.165) is 5.56 Å². The molecule has 5 nitrogen and oxygen atoms in total. The number of nitrogens with zero attached hydrogens (tertiary/aromatic N) is 2. The van der Waals surface area contributed by atoms with Crippen LogP contribution in [0.1, 0.15) is 12.0 Å². The molecular formula is C24H19ClFN3O2S. The van der Waals surface area contributed by atoms with Crippen molar-refractivity contribution in [2.75, 3.05) is 5.32 Å². The lowest BCUT2D eigenvalue weighted by atomic mass is 10.2. The molecule has 1 N–H and O–H groups in total. The lowest BCUT2D eigenvalue weighted by molar-refractivity contribution is -0.129. The summed E-state index contributed by atoms with van der Waals surface area (Å²) in [5, 5.41) is 3.03. The average molecular weight is 468 g/mol. The van der Waals surface area contributed by atoms with E-state index in [0.29, 0.717) is 28.1 Å². The van der Waals surface area contributed by atoms with Crippen molar-refractivity contribution in [3.8, 4) is 0 Å². The number of hydrogen-bond donors (Lipinski definition) is 1. The lowest BCUT2D eigenvalue weighted by Gasteiger charge is -2.32. The van der Waals surface area contributed by atoms with Gasteiger partial charge >= 0.3 is 0 Å². The molecule has 1 aliphatic heterocycles. The topological polar surface area (TPSA) is 61.8 Å². The van der Waals surface area contributed by atoms with Crippen LogP contribution in [0.25, 0.3) is 0 Å². The molecule has 4 rings (SSSR count). The molecule has 1 atom stereocenters. The quantitative estimate of drug-likeness (QED) is 0.528. The highest BCUT2D eigenvalue weighted by Crippen LogP contribution is 2.31. The number of rotatable bonds is 5. The Labute approximate surface area is 194 Å². The van der Waals surface area contributed by atoms with Gasteiger partial charge < -0.3 is 5.32 Å². The molecule has 3 aromatic carbocycles. The maximum Gasteiger partial charge on any atom is 0.238 e. The molecule has 0 radical (unpaired) electrons. The van der Waals surface area contributed by atoms with Crippen LogP contribution in [0.2, 0.25) is 5.02 Å². The number of hydrogen-bond acceptors (Lipinski definition) is 4. The van der Waals surface area contributed by atoms with Gasteiger partial charge in [-0.1, -0.05) is 59.8 Å². The van der Waals surface area contributed by atoms with Crippen LogP contribution in [0.15, 0.2) is 83.9 Å². The van der Waals surface area contributed by atoms with Crippen molar-refractivity contribution in [2.24, 2.45) is 4.99 Å². The van der Waals surface area contributed by atoms with Gasteiger partial charge in [0.15, 0.2) is 5.17 Å². The van der Waals surface area contributed by atoms with Crippen molar-refractivity contribution in [1.82, 2.24) is 4.90 Å². The summed E-state index contributed by atoms with van der Waals surface area (Å²) in [5.41, 5.74) is 2.00. The number of carbonyl (C=O) groups excluding carboxylic acids is 2. The standard InChI is InChI=1S/C24H19ClFN3O2S/c25-17-7-4-8-20(13-17)28-24-29(15-16-5-2-1-3-6-16)22(30)14-21(32-24)23(31)27-19-11-9-18(26)10-12-19/h1-13,21H,14-15H2,(H,27,31). The van der Waals surface area contributed by atoms with Crippen molar-refractivity contribution in [2.45, 2.75) is 18.2 Å². The highest BCUT2D eigenvalue weighted by atomic mass is 35.5. The molecule has 3 aromatic rings. The van der Waals surface area contributed by atoms with E-state index in [4.69, 9.17) is 11.6 Å². The predicted molar refractivity (Wildman–Crippen MR) is 127 cm³/mol. The largest absolute Gasteiger partial charge is 0.325 e. The number of thioether (sulfide) groups is 1. The van der Waals surface area contributed by atoms with Crippen LogP contribution in [0.4, 0.5) is 15.8 Å². The van der Waals surface area contributed by atoms with Crippen LogP contribution < -0.4 is 5.32 Å². The van der Waals surface area contributed by atoms with E-state index in [1.165, 1.54) is 36.0 Å². The van der Waals surface area contributed by atoms with Crippen molar-refractivity contribution in [3.63, 3.8) is 0 Å². The second-order valence-corrected chi connectivity index (χ2v) is 8.75. The first-order valence-corrected chi connectivity index (χ1v) is 11.2. The van der Waals surface area contributed by atoms with Gasteiger partial charge in [-0.3, -0.25) is 14.5 Å². The van der Waals surface area contributed by atoms with Crippen molar-refractivity contribution in [3.05, 3.63) is 95.3 Å². The van der Waals surface area contributed by atoms with E-state index in [2.05, 4.69) is 10.3 Å². The fraction of sp³-hybridized carbons (Fsp3) is 0.125. The summed E-state index contributed by atoms with van der Waals surface area (Å²) in [7, 11) is 0. The van der Waals surface area contributed by atoms with Gasteiger partial charge in [-0.05, 0) is 48.0 Å². The van der Waals surface area contributed by atoms with E-state index in [-0.39, 0.29) is 18.2 Å². The number of amidine groups is 1. The maximum atomic E-state index is 13.1. The minimum Gasteiger partial charge on any atom is -0.325 e. The van der Waals surface area contributed by atoms with Gasteiger partial charge in [0.05, 0.1) is 12.2 Å². The molecule has 8 heteroatoms. The smallest absolute Gasteiger partial charge is 0.238 e. The van der Waals surface area contributed by atoms with Crippen LogP contribution in [-0.2, 0) is 16.1 Å². The van der Waals surface area contributed by atoms with Crippen molar-refractivity contribution >= 4 is 51.7 Å². The van der Waals surface area contributed by atoms with Crippen LogP contribution in [-0.4, -0.2) is 27.1 Å². The van der Waals surface area contributed by atoms with Gasteiger partial charge in [-0.15, -0.1) is 0 Å². The molecule has 32 heavy (non-hydrogen) atoms. The minimum absolute atomic E-state index is 0.0269. The van der Waals surface area contributed by atoms with E-state index in [1.54, 1.807) is 29.2 Å². The molecule has 0 aromatic heterocycles. The second kappa shape index (κ2) is 9.97. The van der Waals surface area contributed by atoms with Crippen LogP contribution in [0.5, 0.6) is 0 Å². The van der Waals surface area contributed by atoms with Crippen LogP contribution in [0.3, 0.4) is 0 Å². The molecule has 1 aliphatic rings. The molecular weight excluding hydrogens is 449 g/mol. The number of benzene rings is 3. The minimum atomic E-state index is -0.669. The Morgan fingerprint density at radius 2 is 1.84 bits per heavy atom. The molecule has 0 spiro atoms. The zero-order valence-electron chi connectivity index (χ0n) is 16.9. The molecule has 0 aliphatic carbocycles. The van der Waals surface area contributed by atoms with Crippen molar-refractivity contribution < 1.29 is 14.0 Å². The van der Waals surface area contributed by atoms with Gasteiger partial charge in [0.1, 0.15) is 11.1 Å². The SMILES string of the molecule is O=C(Nc1ccc(F)cc1)C1CC(=O)N(Cc2ccccc2)C(=Nc2cccc(Cl)c2)S1. The summed E-state index contributed by atoms with van der Waals surface area (Å²) < 4.78 is 13.1. The molecule has 0 saturated carbocycles. The Hall–Kier alpha value is -3.16. The Morgan fingerprint density at radius 3 is 2.56 bits per heavy atom. The summed E-state index contributed by atoms with van der Waals surface area (Å²) in [6, 6.07) is 22.1. The third-order valence-corrected chi connectivity index (χ3v) is 6.18. The molecule has 162 valence electrons. The molecule has 1 fully saturated rings. The first kappa shape index (κ1) is 22.0. The Morgan fingerprint density at radius 1 is 1.09 bits per heavy atom. The van der Waals surface area contributed by atoms with E-state index in [1.807, 2.05) is 30.3 Å².